The first-order valence-corrected chi connectivity index (χ1v) is 4.71. The van der Waals surface area contributed by atoms with Gasteiger partial charge >= 0.3 is 0 Å². The Kier molecular flexibility index (Phi) is 3.40. The van der Waals surface area contributed by atoms with E-state index in [-0.39, 0.29) is 0 Å². The fourth-order valence-electron chi connectivity index (χ4n) is 0.901. The minimum atomic E-state index is -2.70. The summed E-state index contributed by atoms with van der Waals surface area (Å²) in [4.78, 5) is 0. The molecule has 8 heteroatoms. The van der Waals surface area contributed by atoms with Crippen LogP contribution >= 0.6 is 0 Å². The molecule has 0 heterocycles. The summed E-state index contributed by atoms with van der Waals surface area (Å²) in [5.74, 6) is -11.9. The number of hydrogen-bond donors (Lipinski definition) is 1. The van der Waals surface area contributed by atoms with Gasteiger partial charge in [0.2, 0.25) is 5.82 Å². The molecule has 84 valence electrons. The van der Waals surface area contributed by atoms with E-state index in [1.165, 1.54) is 0 Å². The minimum absolute atomic E-state index is 1.16. The zero-order chi connectivity index (χ0) is 11.7. The molecule has 15 heavy (non-hydrogen) atoms. The Morgan fingerprint density at radius 1 is 0.867 bits per heavy atom. The molecule has 0 aliphatic rings. The number of hydrogen-bond acceptors (Lipinski definition) is 1. The average molecular weight is 246 g/mol. The summed E-state index contributed by atoms with van der Waals surface area (Å²) < 4.78 is 81.6. The largest absolute Gasteiger partial charge is 0.306 e. The highest BCUT2D eigenvalue weighted by Gasteiger charge is 2.26. The van der Waals surface area contributed by atoms with Gasteiger partial charge in [0.15, 0.2) is 34.3 Å². The van der Waals surface area contributed by atoms with Gasteiger partial charge in [-0.2, -0.15) is 0 Å². The second-order valence-corrected chi connectivity index (χ2v) is 3.45. The Hall–Kier alpha value is -1.02. The topological polar surface area (TPSA) is 37.3 Å². The van der Waals surface area contributed by atoms with Crippen molar-refractivity contribution in [3.05, 3.63) is 34.6 Å². The van der Waals surface area contributed by atoms with Crippen LogP contribution in [0.25, 0.3) is 0 Å². The van der Waals surface area contributed by atoms with Crippen LogP contribution < -0.4 is 0 Å². The molecule has 1 unspecified atom stereocenters. The van der Waals surface area contributed by atoms with Crippen molar-refractivity contribution in [2.45, 2.75) is 5.75 Å². The molecule has 1 aromatic rings. The molecule has 0 amide bonds. The Bertz CT molecular complexity index is 405. The van der Waals surface area contributed by atoms with Crippen molar-refractivity contribution in [2.24, 2.45) is 0 Å². The van der Waals surface area contributed by atoms with Gasteiger partial charge in [-0.05, 0) is 0 Å². The summed E-state index contributed by atoms with van der Waals surface area (Å²) in [7, 11) is 0. The number of benzene rings is 1. The Balaban J connectivity index is 3.45. The lowest BCUT2D eigenvalue weighted by Gasteiger charge is -2.05. The van der Waals surface area contributed by atoms with Crippen molar-refractivity contribution >= 4 is 11.1 Å². The van der Waals surface area contributed by atoms with E-state index in [9.17, 15) is 26.2 Å². The average Bonchev–Trinajstić information content (AvgIpc) is 2.18. The van der Waals surface area contributed by atoms with E-state index in [4.69, 9.17) is 4.55 Å². The highest BCUT2D eigenvalue weighted by atomic mass is 32.2. The molecule has 0 aromatic heterocycles. The van der Waals surface area contributed by atoms with E-state index < -0.39 is 51.5 Å². The zero-order valence-electron chi connectivity index (χ0n) is 6.86. The molecule has 2 nitrogen and oxygen atoms in total. The fourth-order valence-corrected chi connectivity index (χ4v) is 1.40. The Labute approximate surface area is 83.0 Å². The molecule has 0 aliphatic carbocycles. The van der Waals surface area contributed by atoms with E-state index in [1.807, 2.05) is 0 Å². The molecule has 1 atom stereocenters. The van der Waals surface area contributed by atoms with Gasteiger partial charge in [-0.25, -0.2) is 26.2 Å². The van der Waals surface area contributed by atoms with Crippen LogP contribution in [0, 0.1) is 29.1 Å². The molecular weight excluding hydrogens is 243 g/mol. The smallest absolute Gasteiger partial charge is 0.200 e. The van der Waals surface area contributed by atoms with Crippen molar-refractivity contribution in [2.75, 3.05) is 0 Å². The fraction of sp³-hybridized carbons (Fsp3) is 0.143. The van der Waals surface area contributed by atoms with Crippen LogP contribution in [0.5, 0.6) is 0 Å². The summed E-state index contributed by atoms with van der Waals surface area (Å²) in [5, 5.41) is 0. The third kappa shape index (κ3) is 2.15. The molecule has 0 spiro atoms. The predicted octanol–water partition coefficient (Wildman–Crippen LogP) is 2.10. The van der Waals surface area contributed by atoms with Gasteiger partial charge in [-0.1, -0.05) is 0 Å². The molecule has 0 aliphatic heterocycles. The van der Waals surface area contributed by atoms with Crippen molar-refractivity contribution in [1.29, 1.82) is 0 Å². The van der Waals surface area contributed by atoms with Crippen molar-refractivity contribution in [1.82, 2.24) is 0 Å². The lowest BCUT2D eigenvalue weighted by atomic mass is 10.2. The lowest BCUT2D eigenvalue weighted by molar-refractivity contribution is 0.372. The van der Waals surface area contributed by atoms with Crippen molar-refractivity contribution < 1.29 is 30.7 Å². The molecule has 1 aromatic carbocycles. The van der Waals surface area contributed by atoms with E-state index in [2.05, 4.69) is 0 Å². The zero-order valence-corrected chi connectivity index (χ0v) is 7.68. The van der Waals surface area contributed by atoms with Crippen molar-refractivity contribution in [3.8, 4) is 0 Å². The molecule has 1 N–H and O–H groups in total. The Morgan fingerprint density at radius 3 is 1.53 bits per heavy atom. The van der Waals surface area contributed by atoms with Gasteiger partial charge in [-0.15, -0.1) is 0 Å². The van der Waals surface area contributed by atoms with E-state index >= 15 is 0 Å². The second kappa shape index (κ2) is 4.23. The maximum atomic E-state index is 12.8. The van der Waals surface area contributed by atoms with Crippen LogP contribution in [0.3, 0.4) is 0 Å². The van der Waals surface area contributed by atoms with Gasteiger partial charge in [0.25, 0.3) is 0 Å². The van der Waals surface area contributed by atoms with Gasteiger partial charge in [0.05, 0.1) is 5.75 Å². The number of rotatable bonds is 2. The third-order valence-electron chi connectivity index (χ3n) is 1.57. The van der Waals surface area contributed by atoms with Gasteiger partial charge < -0.3 is 4.55 Å². The molecule has 0 fully saturated rings. The first kappa shape index (κ1) is 12.1. The van der Waals surface area contributed by atoms with E-state index in [0.29, 0.717) is 0 Å². The van der Waals surface area contributed by atoms with Crippen LogP contribution in [0.2, 0.25) is 0 Å². The van der Waals surface area contributed by atoms with E-state index in [1.54, 1.807) is 0 Å². The van der Waals surface area contributed by atoms with Crippen LogP contribution in [-0.2, 0) is 16.8 Å². The SMILES string of the molecule is O=S(O)Cc1c(F)c(F)c(F)c(F)c1F. The monoisotopic (exact) mass is 246 g/mol. The maximum Gasteiger partial charge on any atom is 0.200 e. The summed E-state index contributed by atoms with van der Waals surface area (Å²) in [6.07, 6.45) is 0. The normalized spacial score (nSPS) is 12.9. The minimum Gasteiger partial charge on any atom is -0.306 e. The maximum absolute atomic E-state index is 12.8. The summed E-state index contributed by atoms with van der Waals surface area (Å²) in [6.45, 7) is 0. The van der Waals surface area contributed by atoms with Crippen LogP contribution in [0.15, 0.2) is 0 Å². The van der Waals surface area contributed by atoms with Crippen LogP contribution in [0.1, 0.15) is 5.56 Å². The first-order valence-electron chi connectivity index (χ1n) is 3.44. The highest BCUT2D eigenvalue weighted by molar-refractivity contribution is 7.78. The van der Waals surface area contributed by atoms with Gasteiger partial charge in [0.1, 0.15) is 0 Å². The summed E-state index contributed by atoms with van der Waals surface area (Å²) >= 11 is -2.70. The summed E-state index contributed by atoms with van der Waals surface area (Å²) in [6, 6.07) is 0. The highest BCUT2D eigenvalue weighted by Crippen LogP contribution is 2.23. The number of halogens is 5. The first-order chi connectivity index (χ1) is 6.86. The standard InChI is InChI=1S/C7H3F5O2S/c8-3-2(1-15(13)14)4(9)6(11)7(12)5(3)10/h1H2,(H,13,14). The Morgan fingerprint density at radius 2 is 1.20 bits per heavy atom. The van der Waals surface area contributed by atoms with Crippen LogP contribution in [0.4, 0.5) is 22.0 Å². The van der Waals surface area contributed by atoms with Gasteiger partial charge in [0, 0.05) is 5.56 Å². The van der Waals surface area contributed by atoms with Crippen molar-refractivity contribution in [3.63, 3.8) is 0 Å². The quantitative estimate of drug-likeness (QED) is 0.375. The predicted molar refractivity (Wildman–Crippen MR) is 40.7 cm³/mol. The third-order valence-corrected chi connectivity index (χ3v) is 2.10. The molecule has 0 radical (unpaired) electrons. The van der Waals surface area contributed by atoms with Gasteiger partial charge in [-0.3, -0.25) is 0 Å². The van der Waals surface area contributed by atoms with Crippen LogP contribution in [-0.4, -0.2) is 8.76 Å². The molecule has 0 saturated carbocycles. The lowest BCUT2D eigenvalue weighted by Crippen LogP contribution is -2.09. The molecule has 1 rings (SSSR count). The molecule has 0 saturated heterocycles. The molecular formula is C7H3F5O2S. The molecule has 0 bridgehead atoms. The van der Waals surface area contributed by atoms with E-state index in [0.717, 1.165) is 0 Å². The summed E-state index contributed by atoms with van der Waals surface area (Å²) in [5.41, 5.74) is -1.30. The second-order valence-electron chi connectivity index (χ2n) is 2.51.